The first-order valence-corrected chi connectivity index (χ1v) is 16.7. The van der Waals surface area contributed by atoms with Crippen molar-refractivity contribution in [1.29, 1.82) is 5.26 Å². The summed E-state index contributed by atoms with van der Waals surface area (Å²) in [7, 11) is 0. The van der Waals surface area contributed by atoms with E-state index in [2.05, 4.69) is 31.9 Å². The number of anilines is 2. The predicted molar refractivity (Wildman–Crippen MR) is 183 cm³/mol. The van der Waals surface area contributed by atoms with Gasteiger partial charge in [0.2, 0.25) is 11.7 Å². The number of carbonyl (C=O) groups is 4. The van der Waals surface area contributed by atoms with Crippen LogP contribution in [0.5, 0.6) is 0 Å². The second-order valence-corrected chi connectivity index (χ2v) is 13.5. The van der Waals surface area contributed by atoms with Gasteiger partial charge in [-0.2, -0.15) is 15.4 Å². The fraction of sp³-hybridized carbons (Fsp3) is 0.111. The maximum atomic E-state index is 14.4. The summed E-state index contributed by atoms with van der Waals surface area (Å²) in [6.45, 7) is 0. The average molecular weight is 716 g/mol. The van der Waals surface area contributed by atoms with Crippen LogP contribution >= 0.6 is 27.7 Å². The number of benzene rings is 4. The number of amides is 3. The predicted octanol–water partition coefficient (Wildman–Crippen LogP) is 5.61. The molecule has 48 heavy (non-hydrogen) atoms. The van der Waals surface area contributed by atoms with Gasteiger partial charge in [-0.3, -0.25) is 34.9 Å². The van der Waals surface area contributed by atoms with Crippen molar-refractivity contribution in [3.63, 3.8) is 0 Å². The van der Waals surface area contributed by atoms with E-state index >= 15 is 0 Å². The van der Waals surface area contributed by atoms with Crippen LogP contribution in [-0.2, 0) is 19.2 Å². The molecule has 0 radical (unpaired) electrons. The van der Waals surface area contributed by atoms with E-state index < -0.39 is 46.2 Å². The van der Waals surface area contributed by atoms with E-state index in [4.69, 9.17) is 0 Å². The Morgan fingerprint density at radius 1 is 0.812 bits per heavy atom. The van der Waals surface area contributed by atoms with Crippen LogP contribution < -0.4 is 15.8 Å². The highest BCUT2D eigenvalue weighted by atomic mass is 79.9. The summed E-state index contributed by atoms with van der Waals surface area (Å²) in [6, 6.07) is 33.3. The highest BCUT2D eigenvalue weighted by Crippen LogP contribution is 2.59. The molecule has 234 valence electrons. The maximum absolute atomic E-state index is 14.4. The number of para-hydroxylation sites is 1. The molecule has 2 N–H and O–H groups in total. The molecule has 2 saturated heterocycles. The minimum absolute atomic E-state index is 0.0277. The van der Waals surface area contributed by atoms with E-state index in [0.29, 0.717) is 28.1 Å². The topological polar surface area (TPSA) is 135 Å². The average Bonchev–Trinajstić information content (AvgIpc) is 3.44. The van der Waals surface area contributed by atoms with Crippen LogP contribution in [0.2, 0.25) is 0 Å². The van der Waals surface area contributed by atoms with E-state index in [1.807, 2.05) is 66.7 Å². The number of thioether (sulfide) groups is 1. The zero-order chi connectivity index (χ0) is 33.1. The molecule has 0 saturated carbocycles. The van der Waals surface area contributed by atoms with Crippen molar-refractivity contribution in [3.8, 4) is 6.07 Å². The quantitative estimate of drug-likeness (QED) is 0.158. The monoisotopic (exact) mass is 714 g/mol. The lowest BCUT2D eigenvalue weighted by molar-refractivity contribution is -0.165. The van der Waals surface area contributed by atoms with Gasteiger partial charge in [0.1, 0.15) is 11.1 Å². The number of nitrogens with zero attached hydrogens (tertiary/aromatic N) is 4. The second kappa shape index (κ2) is 11.6. The third kappa shape index (κ3) is 4.57. The van der Waals surface area contributed by atoms with Gasteiger partial charge in [-0.05, 0) is 70.4 Å². The Morgan fingerprint density at radius 2 is 1.38 bits per heavy atom. The summed E-state index contributed by atoms with van der Waals surface area (Å²) >= 11 is 4.04. The molecule has 2 bridgehead atoms. The molecule has 2 unspecified atom stereocenters. The molecular formula is C36H23BrN6O4S. The van der Waals surface area contributed by atoms with Crippen molar-refractivity contribution in [2.45, 2.75) is 11.8 Å². The van der Waals surface area contributed by atoms with Crippen LogP contribution in [0.1, 0.15) is 34.1 Å². The molecule has 12 heteroatoms. The van der Waals surface area contributed by atoms with Crippen LogP contribution in [0.25, 0.3) is 0 Å². The molecule has 2 fully saturated rings. The van der Waals surface area contributed by atoms with E-state index in [-0.39, 0.29) is 16.8 Å². The Hall–Kier alpha value is -5.51. The number of nitrogens with one attached hydrogen (secondary N) is 2. The molecule has 2 heterocycles. The minimum atomic E-state index is -1.03. The largest absolute Gasteiger partial charge is 0.292 e. The van der Waals surface area contributed by atoms with Gasteiger partial charge in [-0.1, -0.05) is 82.7 Å². The number of halogens is 1. The molecule has 2 aliphatic heterocycles. The third-order valence-electron chi connectivity index (χ3n) is 9.15. The standard InChI is InChI=1S/C36H23BrN6O4S/c37-19-14-16-20(17-15-19)39-40-31-36(47)48-35(42(31)21-8-2-1-3-9-21)26(18-38)33(45)43-34(46)30-28-24-12-6-4-10-22(24)27(29(30)32(44)41-43)23-11-5-7-13-25(23)28/h1-17,27-30,39H,(H,41,44)/b35-26+,40-31-. The minimum Gasteiger partial charge on any atom is -0.282 e. The molecule has 10 nitrogen and oxygen atoms in total. The van der Waals surface area contributed by atoms with Gasteiger partial charge < -0.3 is 0 Å². The number of hydrogen-bond acceptors (Lipinski definition) is 8. The molecule has 3 amide bonds. The molecule has 0 aromatic heterocycles. The summed E-state index contributed by atoms with van der Waals surface area (Å²) in [6.07, 6.45) is 0. The first kappa shape index (κ1) is 29.9. The first-order valence-electron chi connectivity index (χ1n) is 15.0. The number of nitriles is 1. The number of hydrazone groups is 1. The van der Waals surface area contributed by atoms with Crippen molar-refractivity contribution in [1.82, 2.24) is 10.4 Å². The van der Waals surface area contributed by atoms with Gasteiger partial charge in [-0.25, -0.2) is 0 Å². The van der Waals surface area contributed by atoms with Crippen molar-refractivity contribution < 1.29 is 19.2 Å². The Morgan fingerprint density at radius 3 is 1.96 bits per heavy atom. The van der Waals surface area contributed by atoms with E-state index in [1.54, 1.807) is 42.5 Å². The first-order chi connectivity index (χ1) is 23.4. The molecule has 2 atom stereocenters. The molecule has 4 aromatic carbocycles. The fourth-order valence-electron chi connectivity index (χ4n) is 7.21. The Labute approximate surface area is 287 Å². The van der Waals surface area contributed by atoms with Crippen molar-refractivity contribution >= 4 is 67.7 Å². The molecule has 4 aromatic rings. The highest BCUT2D eigenvalue weighted by Gasteiger charge is 2.59. The summed E-state index contributed by atoms with van der Waals surface area (Å²) in [4.78, 5) is 57.4. The normalized spacial score (nSPS) is 24.0. The number of imide groups is 1. The smallest absolute Gasteiger partial charge is 0.282 e. The fourth-order valence-corrected chi connectivity index (χ4v) is 8.40. The molecule has 9 rings (SSSR count). The lowest BCUT2D eigenvalue weighted by atomic mass is 9.53. The van der Waals surface area contributed by atoms with Crippen molar-refractivity contribution in [2.24, 2.45) is 16.9 Å². The zero-order valence-electron chi connectivity index (χ0n) is 24.8. The molecule has 3 aliphatic carbocycles. The molecule has 5 aliphatic rings. The second-order valence-electron chi connectivity index (χ2n) is 11.6. The Bertz CT molecular complexity index is 2120. The SMILES string of the molecule is N#C/C(C(=O)N1NC(=O)C2C3c4ccccc4C(c4ccccc43)C2C1=O)=C1\SC(=O)/C(=N/Nc2ccc(Br)cc2)N1c1ccccc1. The lowest BCUT2D eigenvalue weighted by Gasteiger charge is -2.52. The Balaban J connectivity index is 1.19. The maximum Gasteiger partial charge on any atom is 0.292 e. The van der Waals surface area contributed by atoms with Gasteiger partial charge in [0.05, 0.1) is 17.5 Å². The van der Waals surface area contributed by atoms with Gasteiger partial charge >= 0.3 is 0 Å². The number of rotatable bonds is 4. The summed E-state index contributed by atoms with van der Waals surface area (Å²) in [5.41, 5.74) is 9.86. The number of carbonyl (C=O) groups excluding carboxylic acids is 4. The van der Waals surface area contributed by atoms with Crippen LogP contribution in [0.15, 0.2) is 123 Å². The molecular weight excluding hydrogens is 692 g/mol. The third-order valence-corrected chi connectivity index (χ3v) is 10.6. The van der Waals surface area contributed by atoms with Gasteiger partial charge in [0.25, 0.3) is 16.9 Å². The van der Waals surface area contributed by atoms with Crippen molar-refractivity contribution in [3.05, 3.63) is 140 Å². The van der Waals surface area contributed by atoms with Crippen LogP contribution in [0.3, 0.4) is 0 Å². The van der Waals surface area contributed by atoms with E-state index in [9.17, 15) is 24.4 Å². The summed E-state index contributed by atoms with van der Waals surface area (Å²) in [5, 5.41) is 14.9. The highest BCUT2D eigenvalue weighted by molar-refractivity contribution is 9.10. The van der Waals surface area contributed by atoms with Crippen molar-refractivity contribution in [2.75, 3.05) is 10.3 Å². The van der Waals surface area contributed by atoms with Crippen LogP contribution in [0.4, 0.5) is 11.4 Å². The van der Waals surface area contributed by atoms with Crippen LogP contribution in [0, 0.1) is 23.2 Å². The van der Waals surface area contributed by atoms with E-state index in [0.717, 1.165) is 26.7 Å². The number of hydrogen-bond donors (Lipinski definition) is 2. The van der Waals surface area contributed by atoms with Gasteiger partial charge in [-0.15, -0.1) is 0 Å². The van der Waals surface area contributed by atoms with Crippen LogP contribution in [-0.4, -0.2) is 33.7 Å². The van der Waals surface area contributed by atoms with E-state index in [1.165, 1.54) is 4.90 Å². The summed E-state index contributed by atoms with van der Waals surface area (Å²) < 4.78 is 0.863. The summed E-state index contributed by atoms with van der Waals surface area (Å²) in [5.74, 6) is -4.61. The lowest BCUT2D eigenvalue weighted by Crippen LogP contribution is -2.65. The van der Waals surface area contributed by atoms with Gasteiger partial charge in [0.15, 0.2) is 5.57 Å². The number of hydrazine groups is 1. The Kier molecular flexibility index (Phi) is 7.23. The van der Waals surface area contributed by atoms with Gasteiger partial charge in [0, 0.05) is 22.0 Å². The molecule has 0 spiro atoms. The zero-order valence-corrected chi connectivity index (χ0v) is 27.2. The number of amidine groups is 1.